The van der Waals surface area contributed by atoms with Crippen LogP contribution in [0.5, 0.6) is 0 Å². The number of anilines is 1. The molecule has 0 aliphatic carbocycles. The number of aromatic nitrogens is 3. The molecule has 178 valence electrons. The maximum Gasteiger partial charge on any atom is 0.407 e. The number of halogens is 1. The molecule has 0 radical (unpaired) electrons. The van der Waals surface area contributed by atoms with E-state index in [-0.39, 0.29) is 17.6 Å². The summed E-state index contributed by atoms with van der Waals surface area (Å²) in [6.45, 7) is 2.11. The molecule has 0 spiro atoms. The highest BCUT2D eigenvalue weighted by Gasteiger charge is 2.25. The van der Waals surface area contributed by atoms with Gasteiger partial charge in [-0.25, -0.2) is 9.78 Å². The topological polar surface area (TPSA) is 110 Å². The molecule has 2 aromatic heterocycles. The van der Waals surface area contributed by atoms with E-state index in [4.69, 9.17) is 26.4 Å². The summed E-state index contributed by atoms with van der Waals surface area (Å²) in [5, 5.41) is 13.8. The summed E-state index contributed by atoms with van der Waals surface area (Å²) in [6.07, 6.45) is 3.63. The summed E-state index contributed by atoms with van der Waals surface area (Å²) in [6, 6.07) is 9.17. The Hall–Kier alpha value is -3.17. The average molecular weight is 484 g/mol. The third-order valence-electron chi connectivity index (χ3n) is 6.59. The lowest BCUT2D eigenvalue weighted by Crippen LogP contribution is -2.41. The molecule has 1 aromatic carbocycles. The minimum atomic E-state index is -0.893. The van der Waals surface area contributed by atoms with E-state index in [2.05, 4.69) is 10.3 Å². The van der Waals surface area contributed by atoms with Gasteiger partial charge in [0, 0.05) is 66.1 Å². The first-order valence-corrected chi connectivity index (χ1v) is 11.9. The smallest absolute Gasteiger partial charge is 0.407 e. The number of carboxylic acid groups (broad SMARTS) is 1. The maximum absolute atomic E-state index is 13.8. The molecule has 3 aromatic rings. The van der Waals surface area contributed by atoms with E-state index >= 15 is 0 Å². The minimum Gasteiger partial charge on any atom is -0.465 e. The Bertz CT molecular complexity index is 1270. The number of rotatable bonds is 4. The first kappa shape index (κ1) is 22.6. The molecular formula is C24H26ClN5O4. The molecule has 0 bridgehead atoms. The van der Waals surface area contributed by atoms with Crippen LogP contribution < -0.4 is 10.9 Å². The standard InChI is InChI=1S/C24H26ClN5O4/c25-20-4-2-1-3-18(20)19-13-15-14-26-23(27-16-5-9-29(10-6-16)24(32)33)28-21(15)30(22(19)31)17-7-11-34-12-8-17/h1-4,13-14,16-17H,5-12H2,(H,32,33)(H,26,27,28). The molecule has 2 saturated heterocycles. The van der Waals surface area contributed by atoms with Crippen LogP contribution in [0.3, 0.4) is 0 Å². The van der Waals surface area contributed by atoms with E-state index in [1.54, 1.807) is 16.8 Å². The highest BCUT2D eigenvalue weighted by Crippen LogP contribution is 2.30. The summed E-state index contributed by atoms with van der Waals surface area (Å²) < 4.78 is 7.30. The Morgan fingerprint density at radius 2 is 1.85 bits per heavy atom. The Labute approximate surface area is 201 Å². The normalized spacial score (nSPS) is 17.7. The molecule has 2 aliphatic rings. The van der Waals surface area contributed by atoms with Crippen molar-refractivity contribution in [2.45, 2.75) is 37.8 Å². The van der Waals surface area contributed by atoms with Crippen LogP contribution in [0.25, 0.3) is 22.2 Å². The molecule has 2 fully saturated rings. The quantitative estimate of drug-likeness (QED) is 0.576. The van der Waals surface area contributed by atoms with Crippen molar-refractivity contribution in [3.05, 3.63) is 51.9 Å². The van der Waals surface area contributed by atoms with Gasteiger partial charge in [0.15, 0.2) is 0 Å². The third-order valence-corrected chi connectivity index (χ3v) is 6.92. The Morgan fingerprint density at radius 1 is 1.12 bits per heavy atom. The van der Waals surface area contributed by atoms with Crippen LogP contribution in [0.15, 0.2) is 41.3 Å². The molecule has 0 unspecified atom stereocenters. The van der Waals surface area contributed by atoms with Crippen molar-refractivity contribution in [2.24, 2.45) is 0 Å². The van der Waals surface area contributed by atoms with Crippen molar-refractivity contribution in [3.8, 4) is 11.1 Å². The number of fused-ring (bicyclic) bond motifs is 1. The van der Waals surface area contributed by atoms with Gasteiger partial charge in [0.2, 0.25) is 5.95 Å². The van der Waals surface area contributed by atoms with E-state index in [0.717, 1.165) is 18.2 Å². The van der Waals surface area contributed by atoms with Crippen molar-refractivity contribution in [2.75, 3.05) is 31.6 Å². The molecule has 10 heteroatoms. The number of pyridine rings is 1. The van der Waals surface area contributed by atoms with Crippen LogP contribution in [0.2, 0.25) is 5.02 Å². The van der Waals surface area contributed by atoms with Gasteiger partial charge < -0.3 is 20.1 Å². The Balaban J connectivity index is 1.54. The third kappa shape index (κ3) is 4.45. The Morgan fingerprint density at radius 3 is 2.56 bits per heavy atom. The number of nitrogens with zero attached hydrogens (tertiary/aromatic N) is 4. The number of ether oxygens (including phenoxy) is 1. The van der Waals surface area contributed by atoms with Crippen LogP contribution >= 0.6 is 11.6 Å². The molecule has 0 atom stereocenters. The summed E-state index contributed by atoms with van der Waals surface area (Å²) in [5.74, 6) is 0.437. The molecule has 9 nitrogen and oxygen atoms in total. The lowest BCUT2D eigenvalue weighted by molar-refractivity contribution is 0.0697. The number of hydrogen-bond acceptors (Lipinski definition) is 6. The summed E-state index contributed by atoms with van der Waals surface area (Å²) in [4.78, 5) is 35.6. The number of nitrogens with one attached hydrogen (secondary N) is 1. The van der Waals surface area contributed by atoms with Gasteiger partial charge in [-0.3, -0.25) is 9.36 Å². The second kappa shape index (κ2) is 9.60. The molecule has 4 heterocycles. The van der Waals surface area contributed by atoms with Crippen LogP contribution in [0.1, 0.15) is 31.7 Å². The fraction of sp³-hybridized carbons (Fsp3) is 0.417. The van der Waals surface area contributed by atoms with Gasteiger partial charge in [0.05, 0.1) is 0 Å². The van der Waals surface area contributed by atoms with Gasteiger partial charge in [-0.2, -0.15) is 4.98 Å². The van der Waals surface area contributed by atoms with E-state index < -0.39 is 6.09 Å². The molecule has 1 amide bonds. The first-order valence-electron chi connectivity index (χ1n) is 11.5. The molecule has 5 rings (SSSR count). The Kier molecular flexibility index (Phi) is 6.38. The van der Waals surface area contributed by atoms with E-state index in [0.29, 0.717) is 66.9 Å². The fourth-order valence-corrected chi connectivity index (χ4v) is 4.98. The van der Waals surface area contributed by atoms with Crippen molar-refractivity contribution >= 4 is 34.7 Å². The zero-order valence-electron chi connectivity index (χ0n) is 18.6. The van der Waals surface area contributed by atoms with Crippen molar-refractivity contribution < 1.29 is 14.6 Å². The number of piperidine rings is 1. The lowest BCUT2D eigenvalue weighted by atomic mass is 10.0. The molecular weight excluding hydrogens is 458 g/mol. The van der Waals surface area contributed by atoms with Crippen LogP contribution in [-0.4, -0.2) is 63.0 Å². The van der Waals surface area contributed by atoms with Crippen molar-refractivity contribution in [3.63, 3.8) is 0 Å². The monoisotopic (exact) mass is 483 g/mol. The second-order valence-corrected chi connectivity index (χ2v) is 9.12. The lowest BCUT2D eigenvalue weighted by Gasteiger charge is -2.30. The number of likely N-dealkylation sites (tertiary alicyclic amines) is 1. The second-order valence-electron chi connectivity index (χ2n) is 8.72. The zero-order valence-corrected chi connectivity index (χ0v) is 19.4. The van der Waals surface area contributed by atoms with Gasteiger partial charge >= 0.3 is 6.09 Å². The molecule has 34 heavy (non-hydrogen) atoms. The molecule has 0 saturated carbocycles. The SMILES string of the molecule is O=C(O)N1CCC(Nc2ncc3cc(-c4ccccc4Cl)c(=O)n(C4CCOCC4)c3n2)CC1. The summed E-state index contributed by atoms with van der Waals surface area (Å²) in [7, 11) is 0. The van der Waals surface area contributed by atoms with Gasteiger partial charge in [0.1, 0.15) is 5.65 Å². The van der Waals surface area contributed by atoms with Crippen LogP contribution in [0, 0.1) is 0 Å². The zero-order chi connectivity index (χ0) is 23.7. The molecule has 2 N–H and O–H groups in total. The minimum absolute atomic E-state index is 0.0345. The highest BCUT2D eigenvalue weighted by molar-refractivity contribution is 6.33. The predicted octanol–water partition coefficient (Wildman–Crippen LogP) is 4.02. The average Bonchev–Trinajstić information content (AvgIpc) is 2.85. The van der Waals surface area contributed by atoms with Crippen molar-refractivity contribution in [1.82, 2.24) is 19.4 Å². The largest absolute Gasteiger partial charge is 0.465 e. The number of hydrogen-bond donors (Lipinski definition) is 2. The predicted molar refractivity (Wildman–Crippen MR) is 130 cm³/mol. The highest BCUT2D eigenvalue weighted by atomic mass is 35.5. The van der Waals surface area contributed by atoms with Gasteiger partial charge in [0.25, 0.3) is 5.56 Å². The number of carbonyl (C=O) groups is 1. The van der Waals surface area contributed by atoms with E-state index in [1.807, 2.05) is 24.3 Å². The fourth-order valence-electron chi connectivity index (χ4n) is 4.74. The number of benzene rings is 1. The van der Waals surface area contributed by atoms with Gasteiger partial charge in [-0.15, -0.1) is 0 Å². The van der Waals surface area contributed by atoms with Gasteiger partial charge in [-0.1, -0.05) is 29.8 Å². The van der Waals surface area contributed by atoms with Crippen molar-refractivity contribution in [1.29, 1.82) is 0 Å². The van der Waals surface area contributed by atoms with E-state index in [1.165, 1.54) is 4.90 Å². The summed E-state index contributed by atoms with van der Waals surface area (Å²) in [5.41, 5.74) is 1.65. The summed E-state index contributed by atoms with van der Waals surface area (Å²) >= 11 is 6.43. The number of amides is 1. The van der Waals surface area contributed by atoms with Crippen LogP contribution in [-0.2, 0) is 4.74 Å². The van der Waals surface area contributed by atoms with Gasteiger partial charge in [-0.05, 0) is 37.8 Å². The maximum atomic E-state index is 13.8. The molecule has 2 aliphatic heterocycles. The van der Waals surface area contributed by atoms with Crippen LogP contribution in [0.4, 0.5) is 10.7 Å². The first-order chi connectivity index (χ1) is 16.5. The van der Waals surface area contributed by atoms with E-state index in [9.17, 15) is 9.59 Å².